The van der Waals surface area contributed by atoms with Gasteiger partial charge in [-0.2, -0.15) is 0 Å². The number of benzene rings is 3. The SMILES string of the molecule is CCOc1ccc(C2/C(=C(\O)c3ccc(Cl)cc3)C(=O)C(=O)N2c2ccc3c(c2)OCO3)cc1. The molecule has 1 saturated heterocycles. The van der Waals surface area contributed by atoms with E-state index < -0.39 is 17.7 Å². The Morgan fingerprint density at radius 3 is 2.44 bits per heavy atom. The molecule has 0 aliphatic carbocycles. The van der Waals surface area contributed by atoms with Crippen LogP contribution >= 0.6 is 11.6 Å². The van der Waals surface area contributed by atoms with Crippen LogP contribution in [-0.4, -0.2) is 30.2 Å². The molecule has 0 bridgehead atoms. The number of carbonyl (C=O) groups is 2. The maximum absolute atomic E-state index is 13.3. The molecule has 2 aliphatic heterocycles. The van der Waals surface area contributed by atoms with Crippen LogP contribution in [0.15, 0.2) is 72.3 Å². The zero-order valence-corrected chi connectivity index (χ0v) is 18.9. The number of aliphatic hydroxyl groups excluding tert-OH is 1. The van der Waals surface area contributed by atoms with E-state index in [0.29, 0.717) is 45.7 Å². The van der Waals surface area contributed by atoms with Gasteiger partial charge in [-0.05, 0) is 61.0 Å². The van der Waals surface area contributed by atoms with Crippen molar-refractivity contribution in [3.63, 3.8) is 0 Å². The number of fused-ring (bicyclic) bond motifs is 1. The first-order valence-corrected chi connectivity index (χ1v) is 11.0. The van der Waals surface area contributed by atoms with Gasteiger partial charge in [0.05, 0.1) is 18.2 Å². The molecule has 2 heterocycles. The summed E-state index contributed by atoms with van der Waals surface area (Å²) in [6.07, 6.45) is 0. The average molecular weight is 478 g/mol. The van der Waals surface area contributed by atoms with Gasteiger partial charge in [-0.15, -0.1) is 0 Å². The van der Waals surface area contributed by atoms with E-state index in [-0.39, 0.29) is 18.1 Å². The molecular weight excluding hydrogens is 458 g/mol. The van der Waals surface area contributed by atoms with Gasteiger partial charge in [-0.3, -0.25) is 14.5 Å². The van der Waals surface area contributed by atoms with Crippen LogP contribution in [0.3, 0.4) is 0 Å². The largest absolute Gasteiger partial charge is 0.507 e. The van der Waals surface area contributed by atoms with Crippen LogP contribution in [0.5, 0.6) is 17.2 Å². The highest BCUT2D eigenvalue weighted by Crippen LogP contribution is 2.45. The van der Waals surface area contributed by atoms with Crippen LogP contribution < -0.4 is 19.1 Å². The lowest BCUT2D eigenvalue weighted by molar-refractivity contribution is -0.132. The molecule has 1 unspecified atom stereocenters. The number of nitrogens with zero attached hydrogens (tertiary/aromatic N) is 1. The number of aliphatic hydroxyl groups is 1. The van der Waals surface area contributed by atoms with Crippen molar-refractivity contribution in [1.29, 1.82) is 0 Å². The third-order valence-corrected chi connectivity index (χ3v) is 5.96. The van der Waals surface area contributed by atoms with Crippen LogP contribution in [0.2, 0.25) is 5.02 Å². The van der Waals surface area contributed by atoms with E-state index >= 15 is 0 Å². The molecule has 3 aromatic rings. The lowest BCUT2D eigenvalue weighted by Gasteiger charge is -2.25. The van der Waals surface area contributed by atoms with Crippen molar-refractivity contribution >= 4 is 34.7 Å². The maximum Gasteiger partial charge on any atom is 0.300 e. The quantitative estimate of drug-likeness (QED) is 0.313. The van der Waals surface area contributed by atoms with E-state index in [4.69, 9.17) is 25.8 Å². The molecule has 8 heteroatoms. The van der Waals surface area contributed by atoms with Gasteiger partial charge in [-0.25, -0.2) is 0 Å². The minimum absolute atomic E-state index is 0.0193. The number of halogens is 1. The summed E-state index contributed by atoms with van der Waals surface area (Å²) in [4.78, 5) is 27.9. The van der Waals surface area contributed by atoms with Gasteiger partial charge in [-0.1, -0.05) is 23.7 Å². The van der Waals surface area contributed by atoms with Crippen LogP contribution in [0.1, 0.15) is 24.1 Å². The minimum Gasteiger partial charge on any atom is -0.507 e. The second kappa shape index (κ2) is 8.76. The standard InChI is InChI=1S/C26H20ClNO6/c1-2-32-19-10-5-15(6-11-19)23-22(24(29)16-3-7-17(27)8-4-16)25(30)26(31)28(23)18-9-12-20-21(13-18)34-14-33-20/h3-13,23,29H,2,14H2,1H3/b24-22+. The maximum atomic E-state index is 13.3. The molecule has 0 aromatic heterocycles. The summed E-state index contributed by atoms with van der Waals surface area (Å²) in [5.41, 5.74) is 1.44. The summed E-state index contributed by atoms with van der Waals surface area (Å²) in [5, 5.41) is 11.6. The van der Waals surface area contributed by atoms with Gasteiger partial charge >= 0.3 is 0 Å². The van der Waals surface area contributed by atoms with Crippen LogP contribution in [-0.2, 0) is 9.59 Å². The van der Waals surface area contributed by atoms with Crippen molar-refractivity contribution in [3.8, 4) is 17.2 Å². The summed E-state index contributed by atoms with van der Waals surface area (Å²) in [5.74, 6) is -0.139. The second-order valence-electron chi connectivity index (χ2n) is 7.72. The molecule has 1 N–H and O–H groups in total. The first-order valence-electron chi connectivity index (χ1n) is 10.7. The summed E-state index contributed by atoms with van der Waals surface area (Å²) in [7, 11) is 0. The molecule has 5 rings (SSSR count). The summed E-state index contributed by atoms with van der Waals surface area (Å²) < 4.78 is 16.4. The Balaban J connectivity index is 1.67. The normalized spacial score (nSPS) is 18.4. The van der Waals surface area contributed by atoms with Crippen molar-refractivity contribution in [1.82, 2.24) is 0 Å². The predicted octanol–water partition coefficient (Wildman–Crippen LogP) is 5.09. The van der Waals surface area contributed by atoms with Gasteiger partial charge in [0.2, 0.25) is 6.79 Å². The molecule has 172 valence electrons. The summed E-state index contributed by atoms with van der Waals surface area (Å²) >= 11 is 5.98. The van der Waals surface area contributed by atoms with Crippen LogP contribution in [0.25, 0.3) is 5.76 Å². The van der Waals surface area contributed by atoms with E-state index in [0.717, 1.165) is 0 Å². The Bertz CT molecular complexity index is 1300. The average Bonchev–Trinajstić information content (AvgIpc) is 3.42. The van der Waals surface area contributed by atoms with Crippen molar-refractivity contribution in [2.24, 2.45) is 0 Å². The monoisotopic (exact) mass is 477 g/mol. The van der Waals surface area contributed by atoms with Gasteiger partial charge < -0.3 is 19.3 Å². The summed E-state index contributed by atoms with van der Waals surface area (Å²) in [6.45, 7) is 2.47. The zero-order valence-electron chi connectivity index (χ0n) is 18.2. The molecule has 0 saturated carbocycles. The van der Waals surface area contributed by atoms with Crippen molar-refractivity contribution < 1.29 is 28.9 Å². The predicted molar refractivity (Wildman–Crippen MR) is 126 cm³/mol. The number of ether oxygens (including phenoxy) is 3. The summed E-state index contributed by atoms with van der Waals surface area (Å²) in [6, 6.07) is 17.6. The lowest BCUT2D eigenvalue weighted by Crippen LogP contribution is -2.29. The molecule has 1 atom stereocenters. The van der Waals surface area contributed by atoms with E-state index in [1.54, 1.807) is 66.7 Å². The van der Waals surface area contributed by atoms with Crippen molar-refractivity contribution in [2.45, 2.75) is 13.0 Å². The molecule has 3 aromatic carbocycles. The fourth-order valence-corrected chi connectivity index (χ4v) is 4.25. The third kappa shape index (κ3) is 3.74. The second-order valence-corrected chi connectivity index (χ2v) is 8.15. The number of hydrogen-bond acceptors (Lipinski definition) is 6. The molecule has 1 fully saturated rings. The Morgan fingerprint density at radius 2 is 1.74 bits per heavy atom. The molecular formula is C26H20ClNO6. The van der Waals surface area contributed by atoms with Crippen LogP contribution in [0.4, 0.5) is 5.69 Å². The highest BCUT2D eigenvalue weighted by molar-refractivity contribution is 6.51. The number of rotatable bonds is 5. The molecule has 2 aliphatic rings. The Hall–Kier alpha value is -3.97. The highest BCUT2D eigenvalue weighted by Gasteiger charge is 2.47. The number of hydrogen-bond donors (Lipinski definition) is 1. The molecule has 34 heavy (non-hydrogen) atoms. The van der Waals surface area contributed by atoms with Gasteiger partial charge in [0, 0.05) is 22.3 Å². The Kier molecular flexibility index (Phi) is 5.63. The number of anilines is 1. The van der Waals surface area contributed by atoms with E-state index in [1.807, 2.05) is 6.92 Å². The fourth-order valence-electron chi connectivity index (χ4n) is 4.13. The Morgan fingerprint density at radius 1 is 1.03 bits per heavy atom. The number of Topliss-reactive ketones (excluding diaryl/α,β-unsaturated/α-hetero) is 1. The van der Waals surface area contributed by atoms with Gasteiger partial charge in [0.15, 0.2) is 11.5 Å². The van der Waals surface area contributed by atoms with E-state index in [1.165, 1.54) is 4.90 Å². The van der Waals surface area contributed by atoms with Gasteiger partial charge in [0.25, 0.3) is 11.7 Å². The first kappa shape index (κ1) is 21.9. The third-order valence-electron chi connectivity index (χ3n) is 5.70. The number of carbonyl (C=O) groups excluding carboxylic acids is 2. The van der Waals surface area contributed by atoms with E-state index in [9.17, 15) is 14.7 Å². The lowest BCUT2D eigenvalue weighted by atomic mass is 9.95. The van der Waals surface area contributed by atoms with E-state index in [2.05, 4.69) is 0 Å². The smallest absolute Gasteiger partial charge is 0.300 e. The van der Waals surface area contributed by atoms with Crippen LogP contribution in [0, 0.1) is 0 Å². The topological polar surface area (TPSA) is 85.3 Å². The number of ketones is 1. The Labute approximate surface area is 200 Å². The van der Waals surface area contributed by atoms with Crippen molar-refractivity contribution in [3.05, 3.63) is 88.5 Å². The molecule has 7 nitrogen and oxygen atoms in total. The molecule has 0 spiro atoms. The van der Waals surface area contributed by atoms with Crippen molar-refractivity contribution in [2.75, 3.05) is 18.3 Å². The zero-order chi connectivity index (χ0) is 23.8. The minimum atomic E-state index is -0.869. The molecule has 0 radical (unpaired) electrons. The molecule has 1 amide bonds. The first-order chi connectivity index (χ1) is 16.5. The van der Waals surface area contributed by atoms with Gasteiger partial charge in [0.1, 0.15) is 11.5 Å². The fraction of sp³-hybridized carbons (Fsp3) is 0.154. The number of amides is 1. The highest BCUT2D eigenvalue weighted by atomic mass is 35.5.